The van der Waals surface area contributed by atoms with E-state index in [1.54, 1.807) is 37.3 Å². The summed E-state index contributed by atoms with van der Waals surface area (Å²) >= 11 is 0. The lowest BCUT2D eigenvalue weighted by molar-refractivity contribution is -0.136. The molecule has 0 bridgehead atoms. The van der Waals surface area contributed by atoms with Gasteiger partial charge in [0.05, 0.1) is 6.42 Å². The fourth-order valence-corrected chi connectivity index (χ4v) is 1.28. The number of nitrogens with one attached hydrogen (secondary N) is 1. The number of carbonyl (C=O) groups is 2. The van der Waals surface area contributed by atoms with Crippen LogP contribution in [0.1, 0.15) is 12.5 Å². The lowest BCUT2D eigenvalue weighted by Gasteiger charge is -2.03. The smallest absolute Gasteiger partial charge is 0.307 e. The number of anilines is 1. The van der Waals surface area contributed by atoms with Gasteiger partial charge in [0.15, 0.2) is 0 Å². The summed E-state index contributed by atoms with van der Waals surface area (Å²) in [5, 5.41) is 11.3. The van der Waals surface area contributed by atoms with Crippen molar-refractivity contribution in [1.82, 2.24) is 0 Å². The summed E-state index contributed by atoms with van der Waals surface area (Å²) < 4.78 is 0. The van der Waals surface area contributed by atoms with Crippen molar-refractivity contribution >= 4 is 17.6 Å². The number of aliphatic carboxylic acids is 1. The molecule has 0 aliphatic rings. The van der Waals surface area contributed by atoms with Crippen LogP contribution >= 0.6 is 0 Å². The molecular formula is C14H15NO3. The van der Waals surface area contributed by atoms with Gasteiger partial charge in [-0.05, 0) is 24.6 Å². The molecule has 0 heterocycles. The highest BCUT2D eigenvalue weighted by molar-refractivity contribution is 5.99. The molecule has 0 aliphatic carbocycles. The first-order valence-corrected chi connectivity index (χ1v) is 5.42. The van der Waals surface area contributed by atoms with E-state index in [0.29, 0.717) is 11.3 Å². The Kier molecular flexibility index (Phi) is 4.87. The largest absolute Gasteiger partial charge is 0.481 e. The van der Waals surface area contributed by atoms with Crippen LogP contribution in [0.2, 0.25) is 0 Å². The van der Waals surface area contributed by atoms with Gasteiger partial charge in [-0.3, -0.25) is 9.59 Å². The van der Waals surface area contributed by atoms with E-state index in [1.165, 1.54) is 6.08 Å². The average molecular weight is 245 g/mol. The molecule has 0 saturated heterocycles. The minimum atomic E-state index is -0.879. The Bertz CT molecular complexity index is 486. The number of rotatable bonds is 5. The molecule has 1 aromatic carbocycles. The van der Waals surface area contributed by atoms with Crippen molar-refractivity contribution in [2.45, 2.75) is 13.3 Å². The van der Waals surface area contributed by atoms with Crippen molar-refractivity contribution in [3.8, 4) is 0 Å². The van der Waals surface area contributed by atoms with E-state index in [0.717, 1.165) is 5.57 Å². The van der Waals surface area contributed by atoms with Crippen molar-refractivity contribution in [3.05, 3.63) is 54.1 Å². The van der Waals surface area contributed by atoms with Gasteiger partial charge in [0.2, 0.25) is 5.91 Å². The Labute approximate surface area is 106 Å². The fraction of sp³-hybridized carbons (Fsp3) is 0.143. The molecule has 0 atom stereocenters. The zero-order valence-corrected chi connectivity index (χ0v) is 10.1. The lowest BCUT2D eigenvalue weighted by atomic mass is 10.1. The number of amides is 1. The highest BCUT2D eigenvalue weighted by atomic mass is 16.4. The van der Waals surface area contributed by atoms with Gasteiger partial charge < -0.3 is 10.4 Å². The van der Waals surface area contributed by atoms with Crippen LogP contribution < -0.4 is 5.32 Å². The summed E-state index contributed by atoms with van der Waals surface area (Å²) in [4.78, 5) is 21.9. The minimum absolute atomic E-state index is 0.0240. The summed E-state index contributed by atoms with van der Waals surface area (Å²) in [7, 11) is 0. The predicted molar refractivity (Wildman–Crippen MR) is 70.4 cm³/mol. The van der Waals surface area contributed by atoms with Gasteiger partial charge in [0, 0.05) is 11.8 Å². The van der Waals surface area contributed by atoms with Crippen LogP contribution in [0.25, 0.3) is 0 Å². The Morgan fingerprint density at radius 1 is 1.28 bits per heavy atom. The third-order valence-electron chi connectivity index (χ3n) is 2.10. The predicted octanol–water partition coefficient (Wildman–Crippen LogP) is 2.38. The standard InChI is InChI=1S/C14H15NO3/c1-10(2)3-8-13(16)15-12-6-4-11(5-7-12)9-14(17)18/h3-8H,1,9H2,2H3,(H,15,16)(H,17,18)/b8-3+. The van der Waals surface area contributed by atoms with Gasteiger partial charge in [-0.1, -0.05) is 30.4 Å². The molecule has 0 saturated carbocycles. The first kappa shape index (κ1) is 13.7. The van der Waals surface area contributed by atoms with Gasteiger partial charge in [0.25, 0.3) is 0 Å². The number of allylic oxidation sites excluding steroid dienone is 2. The maximum absolute atomic E-state index is 11.4. The third kappa shape index (κ3) is 5.12. The molecule has 0 radical (unpaired) electrons. The van der Waals surface area contributed by atoms with E-state index in [-0.39, 0.29) is 12.3 Å². The second-order valence-electron chi connectivity index (χ2n) is 3.94. The molecule has 1 rings (SSSR count). The number of carbonyl (C=O) groups excluding carboxylic acids is 1. The Morgan fingerprint density at radius 2 is 1.89 bits per heavy atom. The van der Waals surface area contributed by atoms with E-state index >= 15 is 0 Å². The molecule has 2 N–H and O–H groups in total. The zero-order valence-electron chi connectivity index (χ0n) is 10.1. The van der Waals surface area contributed by atoms with Crippen molar-refractivity contribution in [2.24, 2.45) is 0 Å². The number of carboxylic acid groups (broad SMARTS) is 1. The molecular weight excluding hydrogens is 230 g/mol. The van der Waals surface area contributed by atoms with Crippen LogP contribution in [0.15, 0.2) is 48.6 Å². The van der Waals surface area contributed by atoms with Crippen LogP contribution in [0.4, 0.5) is 5.69 Å². The summed E-state index contributed by atoms with van der Waals surface area (Å²) in [5.74, 6) is -1.12. The molecule has 1 amide bonds. The molecule has 4 nitrogen and oxygen atoms in total. The molecule has 0 fully saturated rings. The van der Waals surface area contributed by atoms with Gasteiger partial charge in [-0.25, -0.2) is 0 Å². The van der Waals surface area contributed by atoms with Crippen LogP contribution in [0.3, 0.4) is 0 Å². The number of hydrogen-bond acceptors (Lipinski definition) is 2. The molecule has 18 heavy (non-hydrogen) atoms. The Balaban J connectivity index is 2.61. The second kappa shape index (κ2) is 6.39. The molecule has 4 heteroatoms. The maximum Gasteiger partial charge on any atom is 0.307 e. The van der Waals surface area contributed by atoms with E-state index < -0.39 is 5.97 Å². The van der Waals surface area contributed by atoms with Crippen molar-refractivity contribution in [2.75, 3.05) is 5.32 Å². The van der Waals surface area contributed by atoms with Crippen LogP contribution in [0, 0.1) is 0 Å². The van der Waals surface area contributed by atoms with Crippen LogP contribution in [-0.4, -0.2) is 17.0 Å². The highest BCUT2D eigenvalue weighted by Gasteiger charge is 2.01. The van der Waals surface area contributed by atoms with Crippen LogP contribution in [0.5, 0.6) is 0 Å². The molecule has 0 aliphatic heterocycles. The number of carboxylic acids is 1. The van der Waals surface area contributed by atoms with Crippen molar-refractivity contribution in [1.29, 1.82) is 0 Å². The molecule has 94 valence electrons. The summed E-state index contributed by atoms with van der Waals surface area (Å²) in [5.41, 5.74) is 2.11. The monoisotopic (exact) mass is 245 g/mol. The zero-order chi connectivity index (χ0) is 13.5. The first-order valence-electron chi connectivity index (χ1n) is 5.42. The van der Waals surface area contributed by atoms with E-state index in [2.05, 4.69) is 11.9 Å². The minimum Gasteiger partial charge on any atom is -0.481 e. The number of hydrogen-bond donors (Lipinski definition) is 2. The van der Waals surface area contributed by atoms with Crippen molar-refractivity contribution in [3.63, 3.8) is 0 Å². The second-order valence-corrected chi connectivity index (χ2v) is 3.94. The average Bonchev–Trinajstić information content (AvgIpc) is 2.28. The Hall–Kier alpha value is -2.36. The molecule has 1 aromatic rings. The molecule has 0 spiro atoms. The highest BCUT2D eigenvalue weighted by Crippen LogP contribution is 2.10. The quantitative estimate of drug-likeness (QED) is 0.618. The summed E-state index contributed by atoms with van der Waals surface area (Å²) in [6, 6.07) is 6.69. The summed E-state index contributed by atoms with van der Waals surface area (Å²) in [6.07, 6.45) is 2.99. The molecule has 0 aromatic heterocycles. The van der Waals surface area contributed by atoms with Gasteiger partial charge >= 0.3 is 5.97 Å². The lowest BCUT2D eigenvalue weighted by Crippen LogP contribution is -2.08. The first-order chi connectivity index (χ1) is 8.47. The summed E-state index contributed by atoms with van der Waals surface area (Å²) in [6.45, 7) is 5.45. The van der Waals surface area contributed by atoms with Crippen molar-refractivity contribution < 1.29 is 14.7 Å². The normalized spacial score (nSPS) is 10.3. The molecule has 0 unspecified atom stereocenters. The Morgan fingerprint density at radius 3 is 2.39 bits per heavy atom. The SMILES string of the molecule is C=C(C)/C=C/C(=O)Nc1ccc(CC(=O)O)cc1. The van der Waals surface area contributed by atoms with Gasteiger partial charge in [-0.15, -0.1) is 0 Å². The topological polar surface area (TPSA) is 66.4 Å². The maximum atomic E-state index is 11.4. The number of benzene rings is 1. The van der Waals surface area contributed by atoms with E-state index in [9.17, 15) is 9.59 Å². The van der Waals surface area contributed by atoms with Crippen LogP contribution in [-0.2, 0) is 16.0 Å². The fourth-order valence-electron chi connectivity index (χ4n) is 1.28. The van der Waals surface area contributed by atoms with Gasteiger partial charge in [0.1, 0.15) is 0 Å². The van der Waals surface area contributed by atoms with E-state index in [1.807, 2.05) is 0 Å². The van der Waals surface area contributed by atoms with E-state index in [4.69, 9.17) is 5.11 Å². The van der Waals surface area contributed by atoms with Gasteiger partial charge in [-0.2, -0.15) is 0 Å². The third-order valence-corrected chi connectivity index (χ3v) is 2.10.